The molecule has 0 aliphatic heterocycles. The van der Waals surface area contributed by atoms with Crippen LogP contribution in [-0.4, -0.2) is 64.2 Å². The zero-order chi connectivity index (χ0) is 31.5. The molecule has 0 bridgehead atoms. The summed E-state index contributed by atoms with van der Waals surface area (Å²) in [5.41, 5.74) is -0.392. The van der Waals surface area contributed by atoms with Crippen molar-refractivity contribution in [3.8, 4) is 5.75 Å². The Kier molecular flexibility index (Phi) is 12.4. The molecule has 2 aromatic rings. The van der Waals surface area contributed by atoms with E-state index in [2.05, 4.69) is 10.6 Å². The number of ether oxygens (including phenoxy) is 2. The van der Waals surface area contributed by atoms with Crippen molar-refractivity contribution < 1.29 is 33.8 Å². The summed E-state index contributed by atoms with van der Waals surface area (Å²) in [6.45, 7) is 12.7. The lowest BCUT2D eigenvalue weighted by atomic mass is 9.91. The molecule has 230 valence electrons. The number of nitrogens with zero attached hydrogens (tertiary/aromatic N) is 1. The van der Waals surface area contributed by atoms with Gasteiger partial charge in [0, 0.05) is 18.5 Å². The van der Waals surface area contributed by atoms with E-state index < -0.39 is 47.1 Å². The minimum Gasteiger partial charge on any atom is -0.508 e. The standard InChI is InChI=1S/C32H45N3O7/c1-8-32(6,7)35(27(23-15-17-24(36)18-16-23)28(38)33-20-19-26(37)41-9-2)29(39)25(21-22-13-11-10-12-14-22)34-30(40)42-31(3,4)5/h10-18,25,27,36H,8-9,19-21H2,1-7H3,(H,33,38)(H,34,40). The average Bonchev–Trinajstić information content (AvgIpc) is 2.91. The molecule has 10 heteroatoms. The highest BCUT2D eigenvalue weighted by atomic mass is 16.6. The quantitative estimate of drug-likeness (QED) is 0.292. The summed E-state index contributed by atoms with van der Waals surface area (Å²) >= 11 is 0. The smallest absolute Gasteiger partial charge is 0.408 e. The number of phenolic OH excluding ortho intramolecular Hbond substituents is 1. The van der Waals surface area contributed by atoms with Crippen LogP contribution in [0.5, 0.6) is 5.75 Å². The molecule has 0 radical (unpaired) electrons. The molecule has 3 N–H and O–H groups in total. The van der Waals surface area contributed by atoms with Crippen molar-refractivity contribution in [1.82, 2.24) is 15.5 Å². The van der Waals surface area contributed by atoms with E-state index in [9.17, 15) is 24.3 Å². The molecule has 0 aliphatic rings. The van der Waals surface area contributed by atoms with E-state index in [-0.39, 0.29) is 31.7 Å². The summed E-state index contributed by atoms with van der Waals surface area (Å²) < 4.78 is 10.4. The van der Waals surface area contributed by atoms with Crippen LogP contribution >= 0.6 is 0 Å². The molecule has 2 atom stereocenters. The molecule has 0 saturated heterocycles. The molecule has 42 heavy (non-hydrogen) atoms. The van der Waals surface area contributed by atoms with E-state index in [1.54, 1.807) is 39.8 Å². The molecule has 0 aromatic heterocycles. The molecule has 0 fully saturated rings. The molecule has 10 nitrogen and oxygen atoms in total. The van der Waals surface area contributed by atoms with E-state index in [1.807, 2.05) is 51.1 Å². The highest BCUT2D eigenvalue weighted by Gasteiger charge is 2.43. The monoisotopic (exact) mass is 583 g/mol. The fraction of sp³-hybridized carbons (Fsp3) is 0.500. The summed E-state index contributed by atoms with van der Waals surface area (Å²) in [6, 6.07) is 13.1. The van der Waals surface area contributed by atoms with Crippen LogP contribution in [0.4, 0.5) is 4.79 Å². The predicted octanol–water partition coefficient (Wildman–Crippen LogP) is 4.66. The molecule has 2 unspecified atom stereocenters. The van der Waals surface area contributed by atoms with Crippen LogP contribution in [0.25, 0.3) is 0 Å². The zero-order valence-electron chi connectivity index (χ0n) is 25.7. The van der Waals surface area contributed by atoms with Gasteiger partial charge in [-0.25, -0.2) is 4.79 Å². The van der Waals surface area contributed by atoms with Crippen LogP contribution in [0.15, 0.2) is 54.6 Å². The molecule has 0 aliphatic carbocycles. The number of hydrogen-bond acceptors (Lipinski definition) is 7. The van der Waals surface area contributed by atoms with Crippen molar-refractivity contribution in [1.29, 1.82) is 0 Å². The first kappa shape index (κ1) is 34.1. The van der Waals surface area contributed by atoms with Gasteiger partial charge in [-0.1, -0.05) is 49.4 Å². The maximum absolute atomic E-state index is 14.6. The van der Waals surface area contributed by atoms with Crippen molar-refractivity contribution in [2.75, 3.05) is 13.2 Å². The van der Waals surface area contributed by atoms with Gasteiger partial charge in [0.2, 0.25) is 11.8 Å². The molecule has 0 spiro atoms. The fourth-order valence-corrected chi connectivity index (χ4v) is 4.30. The van der Waals surface area contributed by atoms with Gasteiger partial charge in [-0.3, -0.25) is 14.4 Å². The van der Waals surface area contributed by atoms with E-state index in [4.69, 9.17) is 9.47 Å². The SMILES string of the molecule is CCOC(=O)CCNC(=O)C(c1ccc(O)cc1)N(C(=O)C(Cc1ccccc1)NC(=O)OC(C)(C)C)C(C)(C)CC. The lowest BCUT2D eigenvalue weighted by Gasteiger charge is -2.44. The number of aromatic hydroxyl groups is 1. The van der Waals surface area contributed by atoms with Gasteiger partial charge in [0.15, 0.2) is 0 Å². The second-order valence-electron chi connectivity index (χ2n) is 11.6. The first-order valence-electron chi connectivity index (χ1n) is 14.3. The van der Waals surface area contributed by atoms with E-state index in [0.717, 1.165) is 5.56 Å². The van der Waals surface area contributed by atoms with Crippen LogP contribution < -0.4 is 10.6 Å². The summed E-state index contributed by atoms with van der Waals surface area (Å²) in [7, 11) is 0. The topological polar surface area (TPSA) is 134 Å². The van der Waals surface area contributed by atoms with Gasteiger partial charge >= 0.3 is 12.1 Å². The molecule has 3 amide bonds. The van der Waals surface area contributed by atoms with Crippen molar-refractivity contribution in [3.63, 3.8) is 0 Å². The van der Waals surface area contributed by atoms with Crippen LogP contribution in [0.3, 0.4) is 0 Å². The van der Waals surface area contributed by atoms with Gasteiger partial charge in [-0.15, -0.1) is 0 Å². The van der Waals surface area contributed by atoms with Crippen molar-refractivity contribution >= 4 is 23.9 Å². The molecular weight excluding hydrogens is 538 g/mol. The zero-order valence-corrected chi connectivity index (χ0v) is 25.7. The molecule has 0 heterocycles. The average molecular weight is 584 g/mol. The number of alkyl carbamates (subject to hydrolysis) is 1. The van der Waals surface area contributed by atoms with Gasteiger partial charge in [-0.2, -0.15) is 0 Å². The number of carbonyl (C=O) groups is 4. The molecule has 2 rings (SSSR count). The van der Waals surface area contributed by atoms with E-state index >= 15 is 0 Å². The second kappa shape index (κ2) is 15.2. The summed E-state index contributed by atoms with van der Waals surface area (Å²) in [6.07, 6.45) is -0.161. The molecular formula is C32H45N3O7. The number of rotatable bonds is 13. The van der Waals surface area contributed by atoms with E-state index in [1.165, 1.54) is 17.0 Å². The number of carbonyl (C=O) groups excluding carboxylic acids is 4. The Morgan fingerprint density at radius 3 is 2.10 bits per heavy atom. The number of benzene rings is 2. The first-order chi connectivity index (χ1) is 19.7. The minimum absolute atomic E-state index is 0.00129. The largest absolute Gasteiger partial charge is 0.508 e. The summed E-state index contributed by atoms with van der Waals surface area (Å²) in [5, 5.41) is 15.4. The highest BCUT2D eigenvalue weighted by molar-refractivity contribution is 5.93. The van der Waals surface area contributed by atoms with Gasteiger partial charge in [0.05, 0.1) is 13.0 Å². The number of nitrogens with one attached hydrogen (secondary N) is 2. The lowest BCUT2D eigenvalue weighted by molar-refractivity contribution is -0.149. The third-order valence-electron chi connectivity index (χ3n) is 6.68. The van der Waals surface area contributed by atoms with Crippen LogP contribution in [0.2, 0.25) is 0 Å². The second-order valence-corrected chi connectivity index (χ2v) is 11.6. The van der Waals surface area contributed by atoms with Crippen LogP contribution in [0, 0.1) is 0 Å². The Balaban J connectivity index is 2.57. The lowest BCUT2D eigenvalue weighted by Crippen LogP contribution is -2.60. The summed E-state index contributed by atoms with van der Waals surface area (Å²) in [5.74, 6) is -1.46. The Morgan fingerprint density at radius 2 is 1.55 bits per heavy atom. The Hall–Kier alpha value is -4.08. The number of esters is 1. The number of phenols is 1. The van der Waals surface area contributed by atoms with E-state index in [0.29, 0.717) is 12.0 Å². The van der Waals surface area contributed by atoms with Gasteiger partial charge in [-0.05, 0) is 71.2 Å². The number of hydrogen-bond donors (Lipinski definition) is 3. The van der Waals surface area contributed by atoms with Crippen LogP contribution in [0.1, 0.15) is 78.5 Å². The highest BCUT2D eigenvalue weighted by Crippen LogP contribution is 2.33. The van der Waals surface area contributed by atoms with Gasteiger partial charge < -0.3 is 30.1 Å². The maximum Gasteiger partial charge on any atom is 0.408 e. The van der Waals surface area contributed by atoms with Crippen LogP contribution in [-0.2, 0) is 30.3 Å². The van der Waals surface area contributed by atoms with Gasteiger partial charge in [0.1, 0.15) is 23.4 Å². The maximum atomic E-state index is 14.6. The molecule has 0 saturated carbocycles. The normalized spacial score (nSPS) is 12.9. The fourth-order valence-electron chi connectivity index (χ4n) is 4.30. The third kappa shape index (κ3) is 10.4. The predicted molar refractivity (Wildman–Crippen MR) is 160 cm³/mol. The van der Waals surface area contributed by atoms with Crippen molar-refractivity contribution in [2.45, 2.75) is 91.0 Å². The summed E-state index contributed by atoms with van der Waals surface area (Å²) in [4.78, 5) is 54.7. The Bertz CT molecular complexity index is 1190. The first-order valence-corrected chi connectivity index (χ1v) is 14.3. The Morgan fingerprint density at radius 1 is 0.929 bits per heavy atom. The van der Waals surface area contributed by atoms with Crippen molar-refractivity contribution in [3.05, 3.63) is 65.7 Å². The third-order valence-corrected chi connectivity index (χ3v) is 6.68. The Labute approximate surface area is 248 Å². The molecule has 2 aromatic carbocycles. The number of amides is 3. The van der Waals surface area contributed by atoms with Gasteiger partial charge in [0.25, 0.3) is 0 Å². The van der Waals surface area contributed by atoms with Crippen molar-refractivity contribution in [2.24, 2.45) is 0 Å². The minimum atomic E-state index is -1.14.